The highest BCUT2D eigenvalue weighted by molar-refractivity contribution is 5.93. The number of nitro benzene ring substituents is 1. The first-order valence-electron chi connectivity index (χ1n) is 24.2. The first-order chi connectivity index (χ1) is 29.8. The summed E-state index contributed by atoms with van der Waals surface area (Å²) in [4.78, 5) is 47.6. The van der Waals surface area contributed by atoms with Gasteiger partial charge in [0, 0.05) is 57.5 Å². The number of benzene rings is 1. The molecule has 0 aliphatic heterocycles. The van der Waals surface area contributed by atoms with Crippen molar-refractivity contribution >= 4 is 40.1 Å². The zero-order chi connectivity index (χ0) is 44.3. The van der Waals surface area contributed by atoms with Crippen LogP contribution in [0.15, 0.2) is 28.4 Å². The lowest BCUT2D eigenvalue weighted by atomic mass is 9.47. The molecule has 5 N–H and O–H groups in total. The van der Waals surface area contributed by atoms with Crippen molar-refractivity contribution in [2.75, 3.05) is 38.0 Å². The number of unbranched alkanes of at least 4 members (excludes halogenated alkanes) is 2. The molecule has 4 aliphatic carbocycles. The number of hydrogen-bond acceptors (Lipinski definition) is 10. The highest BCUT2D eigenvalue weighted by atomic mass is 16.6. The van der Waals surface area contributed by atoms with Gasteiger partial charge in [-0.1, -0.05) is 72.0 Å². The van der Waals surface area contributed by atoms with E-state index < -0.39 is 4.92 Å². The second-order valence-corrected chi connectivity index (χ2v) is 20.2. The molecule has 14 heteroatoms. The predicted molar refractivity (Wildman–Crippen MR) is 243 cm³/mol. The van der Waals surface area contributed by atoms with Gasteiger partial charge in [-0.2, -0.15) is 0 Å². The maximum atomic E-state index is 12.4. The van der Waals surface area contributed by atoms with Crippen molar-refractivity contribution in [3.8, 4) is 0 Å². The molecule has 8 atom stereocenters. The Kier molecular flexibility index (Phi) is 16.8. The largest absolute Gasteiger partial charge is 0.383 e. The summed E-state index contributed by atoms with van der Waals surface area (Å²) in [5, 5.41) is 34.1. The van der Waals surface area contributed by atoms with E-state index in [9.17, 15) is 24.5 Å². The summed E-state index contributed by atoms with van der Waals surface area (Å²) < 4.78 is 4.68. The lowest BCUT2D eigenvalue weighted by Gasteiger charge is -2.58. The maximum absolute atomic E-state index is 12.4. The summed E-state index contributed by atoms with van der Waals surface area (Å²) in [6.45, 7) is 15.2. The van der Waals surface area contributed by atoms with Crippen molar-refractivity contribution < 1.29 is 23.9 Å². The van der Waals surface area contributed by atoms with E-state index in [0.717, 1.165) is 67.7 Å². The summed E-state index contributed by atoms with van der Waals surface area (Å²) in [6.07, 6.45) is 21.4. The number of non-ortho nitro benzene ring substituents is 1. The van der Waals surface area contributed by atoms with Gasteiger partial charge in [-0.3, -0.25) is 24.5 Å². The third-order valence-electron chi connectivity index (χ3n) is 15.7. The molecule has 3 saturated carbocycles. The van der Waals surface area contributed by atoms with E-state index >= 15 is 0 Å². The monoisotopic (exact) mass is 861 g/mol. The van der Waals surface area contributed by atoms with Crippen molar-refractivity contribution in [1.82, 2.24) is 31.6 Å². The average molecular weight is 861 g/mol. The first kappa shape index (κ1) is 47.4. The number of aromatic nitrogens is 2. The molecule has 1 aromatic heterocycles. The molecule has 0 spiro atoms. The Balaban J connectivity index is 0.772. The minimum absolute atomic E-state index is 0.0712. The molecular weight excluding hydrogens is 785 g/mol. The maximum Gasteiger partial charge on any atom is 0.300 e. The number of fused-ring (bicyclic) bond motifs is 6. The number of carbonyl (C=O) groups is 3. The molecule has 0 bridgehead atoms. The van der Waals surface area contributed by atoms with Gasteiger partial charge in [-0.15, -0.1) is 0 Å². The number of rotatable bonds is 24. The summed E-state index contributed by atoms with van der Waals surface area (Å²) >= 11 is 0. The summed E-state index contributed by atoms with van der Waals surface area (Å²) in [6, 6.07) is 3.45. The molecular formula is C48H76N8O6. The molecule has 3 amide bonds. The fourth-order valence-corrected chi connectivity index (χ4v) is 12.3. The fourth-order valence-electron chi connectivity index (χ4n) is 12.3. The number of nitrogens with zero attached hydrogens (tertiary/aromatic N) is 3. The third kappa shape index (κ3) is 11.7. The highest BCUT2D eigenvalue weighted by Crippen LogP contribution is 2.67. The van der Waals surface area contributed by atoms with Crippen LogP contribution in [0.5, 0.6) is 0 Å². The van der Waals surface area contributed by atoms with E-state index in [1.807, 2.05) is 0 Å². The molecule has 14 nitrogen and oxygen atoms in total. The smallest absolute Gasteiger partial charge is 0.300 e. The lowest BCUT2D eigenvalue weighted by Crippen LogP contribution is -2.51. The van der Waals surface area contributed by atoms with Crippen LogP contribution in [-0.4, -0.2) is 71.7 Å². The van der Waals surface area contributed by atoms with Crippen LogP contribution < -0.4 is 26.6 Å². The number of nitro groups is 1. The Bertz CT molecular complexity index is 1860. The average Bonchev–Trinajstić information content (AvgIpc) is 3.87. The standard InChI is InChI=1S/C48H76N8O6/c1-32(2)11-9-12-33(3)37-16-17-38-36-15-14-34-31-35(20-24-47(34,4)39(36)21-25-48(37,38)5)49-27-10-28-51-43(58)22-30-53-44(59)23-29-52-42(57)13-7-6-8-26-50-40-18-19-41(56(60)61)46-45(40)54-62-55-46/h14,18-19,32-33,35-39,49-50H,6-13,15-17,20-31H2,1-5H3,(H,51,58)(H,52,57)(H,53,59)/t33?,35-,36?,37+,38?,39?,47-,48+/m0/s1. The van der Waals surface area contributed by atoms with Crippen LogP contribution in [-0.2, 0) is 14.4 Å². The van der Waals surface area contributed by atoms with Gasteiger partial charge in [-0.05, 0) is 140 Å². The molecule has 1 aromatic carbocycles. The second kappa shape index (κ2) is 22.0. The Morgan fingerprint density at radius 1 is 0.790 bits per heavy atom. The Labute approximate surface area is 369 Å². The van der Waals surface area contributed by atoms with Crippen LogP contribution in [0.3, 0.4) is 0 Å². The Hall–Kier alpha value is -4.07. The summed E-state index contributed by atoms with van der Waals surface area (Å²) in [5.74, 6) is 4.78. The quantitative estimate of drug-likeness (QED) is 0.0295. The topological polar surface area (TPSA) is 193 Å². The number of nitrogens with one attached hydrogen (secondary N) is 5. The van der Waals surface area contributed by atoms with E-state index in [4.69, 9.17) is 0 Å². The zero-order valence-corrected chi connectivity index (χ0v) is 38.3. The Morgan fingerprint density at radius 2 is 1.52 bits per heavy atom. The highest BCUT2D eigenvalue weighted by Gasteiger charge is 2.59. The van der Waals surface area contributed by atoms with Gasteiger partial charge >= 0.3 is 5.69 Å². The number of allylic oxidation sites excluding steroid dienone is 1. The molecule has 4 unspecified atom stereocenters. The van der Waals surface area contributed by atoms with Crippen LogP contribution >= 0.6 is 0 Å². The van der Waals surface area contributed by atoms with Crippen LogP contribution in [0.25, 0.3) is 11.0 Å². The van der Waals surface area contributed by atoms with E-state index in [2.05, 4.69) is 82.2 Å². The lowest BCUT2D eigenvalue weighted by molar-refractivity contribution is -0.383. The fraction of sp³-hybridized carbons (Fsp3) is 0.771. The second-order valence-electron chi connectivity index (χ2n) is 20.2. The number of hydrogen-bond donors (Lipinski definition) is 5. The normalized spacial score (nSPS) is 27.1. The van der Waals surface area contributed by atoms with Gasteiger partial charge in [0.2, 0.25) is 23.2 Å². The van der Waals surface area contributed by atoms with Crippen LogP contribution in [0, 0.1) is 56.5 Å². The van der Waals surface area contributed by atoms with E-state index in [-0.39, 0.29) is 54.9 Å². The van der Waals surface area contributed by atoms with Gasteiger partial charge in [-0.25, -0.2) is 4.63 Å². The molecule has 1 heterocycles. The minimum atomic E-state index is -0.526. The zero-order valence-electron chi connectivity index (χ0n) is 38.3. The molecule has 0 radical (unpaired) electrons. The third-order valence-corrected chi connectivity index (χ3v) is 15.7. The van der Waals surface area contributed by atoms with E-state index in [1.54, 1.807) is 11.6 Å². The van der Waals surface area contributed by atoms with Gasteiger partial charge in [0.05, 0.1) is 10.6 Å². The van der Waals surface area contributed by atoms with Gasteiger partial charge in [0.1, 0.15) is 0 Å². The molecule has 6 rings (SSSR count). The van der Waals surface area contributed by atoms with Crippen LogP contribution in [0.1, 0.15) is 150 Å². The molecule has 62 heavy (non-hydrogen) atoms. The van der Waals surface area contributed by atoms with Crippen LogP contribution in [0.2, 0.25) is 0 Å². The van der Waals surface area contributed by atoms with Crippen molar-refractivity contribution in [1.29, 1.82) is 0 Å². The van der Waals surface area contributed by atoms with Crippen molar-refractivity contribution in [2.24, 2.45) is 46.3 Å². The SMILES string of the molecule is CC(C)CCCC(C)[C@H]1CCC2C3CC=C4C[C@@H](NCCCNC(=O)CCNC(=O)CCNC(=O)CCCCCNc5ccc([N+](=O)[O-])c6nonc56)CC[C@]4(C)C3CC[C@@]21C. The molecule has 2 aromatic rings. The minimum Gasteiger partial charge on any atom is -0.383 e. The molecule has 3 fully saturated rings. The van der Waals surface area contributed by atoms with Gasteiger partial charge in [0.25, 0.3) is 0 Å². The van der Waals surface area contributed by atoms with Crippen molar-refractivity contribution in [2.45, 2.75) is 156 Å². The summed E-state index contributed by atoms with van der Waals surface area (Å²) in [5.41, 5.74) is 3.45. The van der Waals surface area contributed by atoms with E-state index in [0.29, 0.717) is 54.0 Å². The first-order valence-corrected chi connectivity index (χ1v) is 24.2. The number of anilines is 1. The molecule has 4 aliphatic rings. The van der Waals surface area contributed by atoms with Crippen molar-refractivity contribution in [3.63, 3.8) is 0 Å². The molecule has 0 saturated heterocycles. The van der Waals surface area contributed by atoms with Gasteiger partial charge in [0.15, 0.2) is 5.52 Å². The number of carbonyl (C=O) groups excluding carboxylic acids is 3. The van der Waals surface area contributed by atoms with Gasteiger partial charge < -0.3 is 26.6 Å². The Morgan fingerprint density at radius 3 is 2.26 bits per heavy atom. The summed E-state index contributed by atoms with van der Waals surface area (Å²) in [7, 11) is 0. The predicted octanol–water partition coefficient (Wildman–Crippen LogP) is 8.62. The van der Waals surface area contributed by atoms with Crippen LogP contribution in [0.4, 0.5) is 11.4 Å². The molecule has 344 valence electrons. The van der Waals surface area contributed by atoms with Crippen molar-refractivity contribution in [3.05, 3.63) is 33.9 Å². The number of amides is 3. The van der Waals surface area contributed by atoms with E-state index in [1.165, 1.54) is 70.3 Å².